The van der Waals surface area contributed by atoms with Gasteiger partial charge in [0.2, 0.25) is 5.95 Å². The molecule has 0 fully saturated rings. The van der Waals surface area contributed by atoms with Gasteiger partial charge in [-0.3, -0.25) is 4.90 Å². The number of rotatable bonds is 4. The standard InChI is InChI=1S/C50H34N4O/c1-50(2)41-22-11-9-18-37(41)40-30-44-35(29-42(40)50)25-24-34-28-33(36-20-13-21-39-38-19-10-12-23-45(38)55-46(36)39)26-27-43(34)54(44)49-52-47(31-14-5-3-6-15-31)51-48(53-49)32-16-7-4-8-17-32/h3-30H,1-2H3. The molecule has 0 atom stereocenters. The monoisotopic (exact) mass is 706 g/mol. The highest BCUT2D eigenvalue weighted by Gasteiger charge is 2.37. The van der Waals surface area contributed by atoms with Crippen LogP contribution in [0.25, 0.3) is 79.1 Å². The minimum Gasteiger partial charge on any atom is -0.455 e. The van der Waals surface area contributed by atoms with Gasteiger partial charge in [-0.15, -0.1) is 0 Å². The molecule has 0 N–H and O–H groups in total. The number of anilines is 3. The van der Waals surface area contributed by atoms with Crippen LogP contribution in [0.4, 0.5) is 17.3 Å². The third kappa shape index (κ3) is 4.90. The van der Waals surface area contributed by atoms with Gasteiger partial charge < -0.3 is 4.42 Å². The molecule has 0 spiro atoms. The zero-order valence-electron chi connectivity index (χ0n) is 30.4. The molecular weight excluding hydrogens is 673 g/mol. The lowest BCUT2D eigenvalue weighted by Gasteiger charge is -2.28. The molecule has 55 heavy (non-hydrogen) atoms. The van der Waals surface area contributed by atoms with Gasteiger partial charge in [0.1, 0.15) is 11.2 Å². The van der Waals surface area contributed by atoms with Gasteiger partial charge in [-0.25, -0.2) is 4.98 Å². The first-order chi connectivity index (χ1) is 27.0. The number of hydrogen-bond acceptors (Lipinski definition) is 5. The molecule has 1 aliphatic heterocycles. The van der Waals surface area contributed by atoms with Crippen LogP contribution in [0.5, 0.6) is 0 Å². The quantitative estimate of drug-likeness (QED) is 0.182. The molecule has 0 saturated heterocycles. The van der Waals surface area contributed by atoms with E-state index >= 15 is 0 Å². The molecule has 5 nitrogen and oxygen atoms in total. The predicted octanol–water partition coefficient (Wildman–Crippen LogP) is 13.0. The first-order valence-electron chi connectivity index (χ1n) is 18.7. The second-order valence-electron chi connectivity index (χ2n) is 14.9. The molecule has 5 heteroatoms. The molecule has 2 aromatic heterocycles. The molecule has 1 aliphatic carbocycles. The SMILES string of the molecule is CC1(C)c2ccccc2-c2cc3c(cc21)C=Cc1cc(-c2cccc4c2oc2ccccc24)ccc1N3c1nc(-c2ccccc2)nc(-c2ccccc2)n1. The maximum atomic E-state index is 6.50. The fourth-order valence-corrected chi connectivity index (χ4v) is 8.54. The number of furan rings is 1. The Morgan fingerprint density at radius 3 is 1.87 bits per heavy atom. The minimum atomic E-state index is -0.147. The van der Waals surface area contributed by atoms with Gasteiger partial charge in [0.15, 0.2) is 11.6 Å². The summed E-state index contributed by atoms with van der Waals surface area (Å²) in [5.41, 5.74) is 14.9. The molecule has 11 rings (SSSR count). The Bertz CT molecular complexity index is 2960. The zero-order valence-corrected chi connectivity index (χ0v) is 30.4. The largest absolute Gasteiger partial charge is 0.455 e. The number of nitrogens with zero attached hydrogens (tertiary/aromatic N) is 4. The Labute approximate surface area is 318 Å². The first-order valence-corrected chi connectivity index (χ1v) is 18.7. The molecule has 7 aromatic carbocycles. The van der Waals surface area contributed by atoms with E-state index in [2.05, 4.69) is 140 Å². The lowest BCUT2D eigenvalue weighted by atomic mass is 9.82. The highest BCUT2D eigenvalue weighted by molar-refractivity contribution is 6.10. The van der Waals surface area contributed by atoms with E-state index < -0.39 is 0 Å². The molecule has 260 valence electrons. The topological polar surface area (TPSA) is 55.1 Å². The number of aromatic nitrogens is 3. The summed E-state index contributed by atoms with van der Waals surface area (Å²) in [4.78, 5) is 17.8. The Hall–Kier alpha value is -7.11. The number of benzene rings is 7. The number of para-hydroxylation sites is 2. The Balaban J connectivity index is 1.17. The maximum absolute atomic E-state index is 6.50. The average Bonchev–Trinajstić information content (AvgIpc) is 3.66. The van der Waals surface area contributed by atoms with Gasteiger partial charge in [-0.2, -0.15) is 9.97 Å². The van der Waals surface area contributed by atoms with E-state index in [1.165, 1.54) is 22.3 Å². The summed E-state index contributed by atoms with van der Waals surface area (Å²) in [7, 11) is 0. The predicted molar refractivity (Wildman–Crippen MR) is 225 cm³/mol. The fraction of sp³-hybridized carbons (Fsp3) is 0.0600. The maximum Gasteiger partial charge on any atom is 0.238 e. The van der Waals surface area contributed by atoms with Crippen molar-refractivity contribution < 1.29 is 4.42 Å². The van der Waals surface area contributed by atoms with Crippen LogP contribution in [0, 0.1) is 0 Å². The van der Waals surface area contributed by atoms with Crippen molar-refractivity contribution in [2.75, 3.05) is 4.90 Å². The normalized spacial score (nSPS) is 13.7. The van der Waals surface area contributed by atoms with E-state index in [9.17, 15) is 0 Å². The Kier molecular flexibility index (Phi) is 6.83. The first kappa shape index (κ1) is 31.4. The molecule has 0 unspecified atom stereocenters. The molecule has 2 aliphatic rings. The van der Waals surface area contributed by atoms with E-state index in [1.807, 2.05) is 48.5 Å². The smallest absolute Gasteiger partial charge is 0.238 e. The van der Waals surface area contributed by atoms with Crippen molar-refractivity contribution in [1.82, 2.24) is 15.0 Å². The van der Waals surface area contributed by atoms with Crippen LogP contribution in [0.3, 0.4) is 0 Å². The molecule has 9 aromatic rings. The second kappa shape index (κ2) is 12.0. The van der Waals surface area contributed by atoms with Crippen LogP contribution in [-0.2, 0) is 5.41 Å². The third-order valence-electron chi connectivity index (χ3n) is 11.3. The van der Waals surface area contributed by atoms with Crippen LogP contribution >= 0.6 is 0 Å². The van der Waals surface area contributed by atoms with Gasteiger partial charge in [-0.05, 0) is 69.3 Å². The third-order valence-corrected chi connectivity index (χ3v) is 11.3. The van der Waals surface area contributed by atoms with E-state index in [-0.39, 0.29) is 5.41 Å². The summed E-state index contributed by atoms with van der Waals surface area (Å²) in [6, 6.07) is 55.1. The number of fused-ring (bicyclic) bond motifs is 8. The van der Waals surface area contributed by atoms with Crippen LogP contribution in [0.1, 0.15) is 36.1 Å². The van der Waals surface area contributed by atoms with Gasteiger partial charge in [0.05, 0.1) is 11.4 Å². The summed E-state index contributed by atoms with van der Waals surface area (Å²) < 4.78 is 6.50. The lowest BCUT2D eigenvalue weighted by molar-refractivity contribution is 0.660. The van der Waals surface area contributed by atoms with E-state index in [1.54, 1.807) is 0 Å². The molecule has 3 heterocycles. The van der Waals surface area contributed by atoms with Crippen molar-refractivity contribution in [2.24, 2.45) is 0 Å². The summed E-state index contributed by atoms with van der Waals surface area (Å²) in [6.45, 7) is 4.65. The van der Waals surface area contributed by atoms with E-state index in [0.29, 0.717) is 17.6 Å². The van der Waals surface area contributed by atoms with Gasteiger partial charge in [0, 0.05) is 32.9 Å². The van der Waals surface area contributed by atoms with Gasteiger partial charge >= 0.3 is 0 Å². The highest BCUT2D eigenvalue weighted by atomic mass is 16.3. The molecule has 0 radical (unpaired) electrons. The van der Waals surface area contributed by atoms with E-state index in [0.717, 1.165) is 66.7 Å². The minimum absolute atomic E-state index is 0.147. The molecular formula is C50H34N4O. The highest BCUT2D eigenvalue weighted by Crippen LogP contribution is 2.53. The molecule has 0 bridgehead atoms. The van der Waals surface area contributed by atoms with Crippen LogP contribution in [0.2, 0.25) is 0 Å². The second-order valence-corrected chi connectivity index (χ2v) is 14.9. The van der Waals surface area contributed by atoms with Crippen LogP contribution < -0.4 is 4.90 Å². The van der Waals surface area contributed by atoms with Crippen molar-refractivity contribution in [3.63, 3.8) is 0 Å². The van der Waals surface area contributed by atoms with E-state index in [4.69, 9.17) is 19.4 Å². The Morgan fingerprint density at radius 2 is 1.11 bits per heavy atom. The number of hydrogen-bond donors (Lipinski definition) is 0. The summed E-state index contributed by atoms with van der Waals surface area (Å²) >= 11 is 0. The lowest BCUT2D eigenvalue weighted by Crippen LogP contribution is -2.18. The van der Waals surface area contributed by atoms with Crippen molar-refractivity contribution in [3.8, 4) is 45.0 Å². The summed E-state index contributed by atoms with van der Waals surface area (Å²) in [5, 5.41) is 2.23. The average molecular weight is 707 g/mol. The van der Waals surface area contributed by atoms with Crippen molar-refractivity contribution in [2.45, 2.75) is 19.3 Å². The molecule has 0 saturated carbocycles. The fourth-order valence-electron chi connectivity index (χ4n) is 8.54. The van der Waals surface area contributed by atoms with Gasteiger partial charge in [0.25, 0.3) is 0 Å². The molecule has 0 amide bonds. The van der Waals surface area contributed by atoms with Crippen LogP contribution in [-0.4, -0.2) is 15.0 Å². The zero-order chi connectivity index (χ0) is 36.7. The van der Waals surface area contributed by atoms with Gasteiger partial charge in [-0.1, -0.05) is 153 Å². The van der Waals surface area contributed by atoms with Crippen molar-refractivity contribution in [1.29, 1.82) is 0 Å². The summed E-state index contributed by atoms with van der Waals surface area (Å²) in [5.74, 6) is 1.78. The summed E-state index contributed by atoms with van der Waals surface area (Å²) in [6.07, 6.45) is 4.48. The van der Waals surface area contributed by atoms with Crippen molar-refractivity contribution >= 4 is 51.4 Å². The Morgan fingerprint density at radius 1 is 0.473 bits per heavy atom. The van der Waals surface area contributed by atoms with Crippen molar-refractivity contribution in [3.05, 3.63) is 180 Å². The van der Waals surface area contributed by atoms with Crippen LogP contribution in [0.15, 0.2) is 162 Å².